The number of nitrogens with one attached hydrogen (secondary N) is 1. The van der Waals surface area contributed by atoms with Gasteiger partial charge in [-0.3, -0.25) is 14.2 Å². The Hall–Kier alpha value is -2.96. The van der Waals surface area contributed by atoms with Crippen molar-refractivity contribution in [2.24, 2.45) is 0 Å². The number of carbonyl (C=O) groups excluding carboxylic acids is 1. The summed E-state index contributed by atoms with van der Waals surface area (Å²) in [6.07, 6.45) is 1.43. The zero-order chi connectivity index (χ0) is 20.5. The molecule has 1 amide bonds. The third-order valence-electron chi connectivity index (χ3n) is 4.68. The van der Waals surface area contributed by atoms with E-state index in [9.17, 15) is 9.59 Å². The van der Waals surface area contributed by atoms with Crippen LogP contribution in [0.4, 0.5) is 5.69 Å². The number of fused-ring (bicyclic) bond motifs is 1. The lowest BCUT2D eigenvalue weighted by Crippen LogP contribution is -2.27. The Balaban J connectivity index is 1.59. The number of carbonyl (C=O) groups is 1. The van der Waals surface area contributed by atoms with Crippen molar-refractivity contribution in [1.29, 1.82) is 0 Å². The number of anilines is 1. The van der Waals surface area contributed by atoms with E-state index in [1.165, 1.54) is 27.8 Å². The standard InChI is InChI=1S/C22H18ClN3O2S/c1-13-3-6-15(7-4-13)17-11-29-21-20(17)24-12-26(22(21)28)10-19(27)25-16-8-5-14(2)18(23)9-16/h3-9,11-12H,10H2,1-2H3,(H,25,27). The van der Waals surface area contributed by atoms with Crippen molar-refractivity contribution in [3.8, 4) is 11.1 Å². The first-order valence-corrected chi connectivity index (χ1v) is 10.3. The van der Waals surface area contributed by atoms with Gasteiger partial charge in [-0.25, -0.2) is 4.98 Å². The number of nitrogens with zero attached hydrogens (tertiary/aromatic N) is 2. The maximum Gasteiger partial charge on any atom is 0.271 e. The third-order valence-corrected chi connectivity index (χ3v) is 6.04. The summed E-state index contributed by atoms with van der Waals surface area (Å²) in [5.41, 5.74) is 5.06. The third kappa shape index (κ3) is 3.95. The minimum absolute atomic E-state index is 0.120. The number of halogens is 1. The first kappa shape index (κ1) is 19.4. The molecule has 0 saturated carbocycles. The van der Waals surface area contributed by atoms with E-state index in [4.69, 9.17) is 11.6 Å². The molecule has 0 unspecified atom stereocenters. The summed E-state index contributed by atoms with van der Waals surface area (Å²) in [4.78, 5) is 29.7. The van der Waals surface area contributed by atoms with E-state index in [0.29, 0.717) is 20.9 Å². The number of hydrogen-bond acceptors (Lipinski definition) is 4. The van der Waals surface area contributed by atoms with E-state index < -0.39 is 0 Å². The van der Waals surface area contributed by atoms with Crippen molar-refractivity contribution in [3.63, 3.8) is 0 Å². The van der Waals surface area contributed by atoms with Gasteiger partial charge in [0.15, 0.2) is 0 Å². The van der Waals surface area contributed by atoms with Crippen LogP contribution in [0.5, 0.6) is 0 Å². The fourth-order valence-electron chi connectivity index (χ4n) is 3.02. The number of benzene rings is 2. The van der Waals surface area contributed by atoms with Crippen LogP contribution in [0.15, 0.2) is 59.0 Å². The van der Waals surface area contributed by atoms with Crippen LogP contribution in [0.25, 0.3) is 21.3 Å². The molecule has 0 aliphatic rings. The van der Waals surface area contributed by atoms with Gasteiger partial charge in [0, 0.05) is 21.7 Å². The van der Waals surface area contributed by atoms with Crippen LogP contribution in [0.2, 0.25) is 5.02 Å². The van der Waals surface area contributed by atoms with E-state index in [0.717, 1.165) is 16.7 Å². The van der Waals surface area contributed by atoms with Gasteiger partial charge in [0.2, 0.25) is 5.91 Å². The lowest BCUT2D eigenvalue weighted by Gasteiger charge is -2.08. The molecule has 0 fully saturated rings. The summed E-state index contributed by atoms with van der Waals surface area (Å²) < 4.78 is 1.86. The molecule has 4 rings (SSSR count). The van der Waals surface area contributed by atoms with Crippen molar-refractivity contribution < 1.29 is 4.79 Å². The predicted octanol–water partition coefficient (Wildman–Crippen LogP) is 5.03. The Bertz CT molecular complexity index is 1280. The smallest absolute Gasteiger partial charge is 0.271 e. The molecule has 5 nitrogen and oxygen atoms in total. The Labute approximate surface area is 176 Å². The Morgan fingerprint density at radius 2 is 1.93 bits per heavy atom. The van der Waals surface area contributed by atoms with Gasteiger partial charge in [-0.2, -0.15) is 0 Å². The molecule has 29 heavy (non-hydrogen) atoms. The van der Waals surface area contributed by atoms with Crippen LogP contribution >= 0.6 is 22.9 Å². The fourth-order valence-corrected chi connectivity index (χ4v) is 4.17. The minimum Gasteiger partial charge on any atom is -0.324 e. The average Bonchev–Trinajstić information content (AvgIpc) is 3.12. The van der Waals surface area contributed by atoms with Crippen LogP contribution in [0, 0.1) is 13.8 Å². The fraction of sp³-hybridized carbons (Fsp3) is 0.136. The highest BCUT2D eigenvalue weighted by Crippen LogP contribution is 2.30. The minimum atomic E-state index is -0.316. The maximum atomic E-state index is 12.8. The van der Waals surface area contributed by atoms with Gasteiger partial charge in [0.1, 0.15) is 11.2 Å². The topological polar surface area (TPSA) is 64.0 Å². The SMILES string of the molecule is Cc1ccc(-c2csc3c(=O)n(CC(=O)Nc4ccc(C)c(Cl)c4)cnc23)cc1. The maximum absolute atomic E-state index is 12.8. The van der Waals surface area contributed by atoms with Gasteiger partial charge < -0.3 is 5.32 Å². The van der Waals surface area contributed by atoms with Crippen LogP contribution in [-0.4, -0.2) is 15.5 Å². The van der Waals surface area contributed by atoms with Crippen LogP contribution in [0.1, 0.15) is 11.1 Å². The molecular weight excluding hydrogens is 406 g/mol. The van der Waals surface area contributed by atoms with Crippen LogP contribution < -0.4 is 10.9 Å². The molecule has 0 aliphatic carbocycles. The molecule has 7 heteroatoms. The van der Waals surface area contributed by atoms with E-state index in [2.05, 4.69) is 10.3 Å². The predicted molar refractivity (Wildman–Crippen MR) is 119 cm³/mol. The average molecular weight is 424 g/mol. The highest BCUT2D eigenvalue weighted by Gasteiger charge is 2.14. The molecule has 2 aromatic carbocycles. The van der Waals surface area contributed by atoms with E-state index in [1.807, 2.05) is 49.6 Å². The highest BCUT2D eigenvalue weighted by atomic mass is 35.5. The summed E-state index contributed by atoms with van der Waals surface area (Å²) in [5.74, 6) is -0.316. The normalized spacial score (nSPS) is 11.0. The molecule has 4 aromatic rings. The molecule has 0 saturated heterocycles. The van der Waals surface area contributed by atoms with Gasteiger partial charge in [-0.15, -0.1) is 11.3 Å². The molecule has 0 aliphatic heterocycles. The molecule has 0 radical (unpaired) electrons. The molecule has 2 aromatic heterocycles. The summed E-state index contributed by atoms with van der Waals surface area (Å²) in [6, 6.07) is 13.4. The number of rotatable bonds is 4. The second-order valence-corrected chi connectivity index (χ2v) is 8.17. The van der Waals surface area contributed by atoms with Gasteiger partial charge >= 0.3 is 0 Å². The van der Waals surface area contributed by atoms with Gasteiger partial charge in [0.05, 0.1) is 11.8 Å². The molecule has 1 N–H and O–H groups in total. The molecule has 146 valence electrons. The summed E-state index contributed by atoms with van der Waals surface area (Å²) >= 11 is 7.44. The van der Waals surface area contributed by atoms with E-state index in [1.54, 1.807) is 12.1 Å². The second-order valence-electron chi connectivity index (χ2n) is 6.88. The number of thiophene rings is 1. The number of hydrogen-bond donors (Lipinski definition) is 1. The van der Waals surface area contributed by atoms with Gasteiger partial charge in [0.25, 0.3) is 5.56 Å². The zero-order valence-corrected chi connectivity index (χ0v) is 17.5. The van der Waals surface area contributed by atoms with Gasteiger partial charge in [-0.05, 0) is 37.1 Å². The Morgan fingerprint density at radius 1 is 1.17 bits per heavy atom. The van der Waals surface area contributed by atoms with Crippen molar-refractivity contribution in [2.45, 2.75) is 20.4 Å². The van der Waals surface area contributed by atoms with E-state index >= 15 is 0 Å². The lowest BCUT2D eigenvalue weighted by atomic mass is 10.1. The summed E-state index contributed by atoms with van der Waals surface area (Å²) in [7, 11) is 0. The number of amides is 1. The number of aryl methyl sites for hydroxylation is 2. The first-order valence-electron chi connectivity index (χ1n) is 9.02. The summed E-state index contributed by atoms with van der Waals surface area (Å²) in [6.45, 7) is 3.80. The summed E-state index contributed by atoms with van der Waals surface area (Å²) in [5, 5.41) is 5.27. The first-order chi connectivity index (χ1) is 13.9. The van der Waals surface area contributed by atoms with Crippen LogP contribution in [0.3, 0.4) is 0 Å². The molecule has 0 bridgehead atoms. The molecule has 0 atom stereocenters. The van der Waals surface area contributed by atoms with Gasteiger partial charge in [-0.1, -0.05) is 47.5 Å². The molecular formula is C22H18ClN3O2S. The molecule has 0 spiro atoms. The number of aromatic nitrogens is 2. The highest BCUT2D eigenvalue weighted by molar-refractivity contribution is 7.17. The van der Waals surface area contributed by atoms with E-state index in [-0.39, 0.29) is 18.0 Å². The molecule has 2 heterocycles. The van der Waals surface area contributed by atoms with Crippen LogP contribution in [-0.2, 0) is 11.3 Å². The van der Waals surface area contributed by atoms with Crippen molar-refractivity contribution >= 4 is 44.7 Å². The largest absolute Gasteiger partial charge is 0.324 e. The van der Waals surface area contributed by atoms with Crippen molar-refractivity contribution in [2.75, 3.05) is 5.32 Å². The lowest BCUT2D eigenvalue weighted by molar-refractivity contribution is -0.116. The quantitative estimate of drug-likeness (QED) is 0.500. The second kappa shape index (κ2) is 7.81. The Kier molecular flexibility index (Phi) is 5.22. The zero-order valence-electron chi connectivity index (χ0n) is 15.9. The monoisotopic (exact) mass is 423 g/mol. The van der Waals surface area contributed by atoms with Crippen molar-refractivity contribution in [3.05, 3.63) is 80.7 Å². The van der Waals surface area contributed by atoms with Crippen molar-refractivity contribution in [1.82, 2.24) is 9.55 Å². The Morgan fingerprint density at radius 3 is 2.66 bits per heavy atom.